The largest absolute Gasteiger partial charge is 0.299 e. The molecule has 0 unspecified atom stereocenters. The molecule has 2 aromatic rings. The number of hydrogen-bond acceptors (Lipinski definition) is 2. The van der Waals surface area contributed by atoms with Gasteiger partial charge in [0, 0.05) is 21.5 Å². The molecule has 1 aliphatic rings. The number of fused-ring (bicyclic) bond motifs is 1. The first-order valence-electron chi connectivity index (χ1n) is 6.42. The van der Waals surface area contributed by atoms with E-state index >= 15 is 0 Å². The first-order chi connectivity index (χ1) is 8.74. The number of Topliss-reactive ketones (excluding diaryl/α,β-unsaturated/α-hetero) is 1. The lowest BCUT2D eigenvalue weighted by Crippen LogP contribution is -2.20. The molecule has 1 aromatic heterocycles. The Bertz CT molecular complexity index is 587. The van der Waals surface area contributed by atoms with Gasteiger partial charge in [0.25, 0.3) is 0 Å². The van der Waals surface area contributed by atoms with E-state index in [1.807, 2.05) is 0 Å². The zero-order chi connectivity index (χ0) is 12.5. The van der Waals surface area contributed by atoms with Crippen LogP contribution in [0.4, 0.5) is 0 Å². The fourth-order valence-corrected chi connectivity index (χ4v) is 4.07. The predicted octanol–water partition coefficient (Wildman–Crippen LogP) is 4.97. The smallest absolute Gasteiger partial charge is 0.136 e. The van der Waals surface area contributed by atoms with E-state index in [4.69, 9.17) is 0 Å². The summed E-state index contributed by atoms with van der Waals surface area (Å²) in [7, 11) is 0. The van der Waals surface area contributed by atoms with E-state index in [0.717, 1.165) is 30.2 Å². The quantitative estimate of drug-likeness (QED) is 0.763. The van der Waals surface area contributed by atoms with Crippen LogP contribution >= 0.6 is 27.3 Å². The number of carbonyl (C=O) groups excluding carboxylic acids is 1. The summed E-state index contributed by atoms with van der Waals surface area (Å²) in [5.74, 6) is 0.728. The lowest BCUT2D eigenvalue weighted by molar-refractivity contribution is -0.124. The van der Waals surface area contributed by atoms with E-state index in [-0.39, 0.29) is 5.92 Å². The highest BCUT2D eigenvalue weighted by Crippen LogP contribution is 2.32. The van der Waals surface area contributed by atoms with Crippen molar-refractivity contribution in [3.05, 3.63) is 33.6 Å². The van der Waals surface area contributed by atoms with Gasteiger partial charge in [-0.05, 0) is 53.8 Å². The summed E-state index contributed by atoms with van der Waals surface area (Å²) in [5, 5.41) is 3.53. The number of hydrogen-bond donors (Lipinski definition) is 0. The van der Waals surface area contributed by atoms with Crippen LogP contribution in [-0.4, -0.2) is 5.78 Å². The highest BCUT2D eigenvalue weighted by Gasteiger charge is 2.23. The van der Waals surface area contributed by atoms with Gasteiger partial charge >= 0.3 is 0 Å². The highest BCUT2D eigenvalue weighted by atomic mass is 79.9. The fourth-order valence-electron chi connectivity index (χ4n) is 2.75. The van der Waals surface area contributed by atoms with Crippen LogP contribution in [0.25, 0.3) is 10.1 Å². The summed E-state index contributed by atoms with van der Waals surface area (Å²) in [6, 6.07) is 6.40. The van der Waals surface area contributed by atoms with Gasteiger partial charge in [-0.15, -0.1) is 11.3 Å². The van der Waals surface area contributed by atoms with Crippen LogP contribution in [0.3, 0.4) is 0 Å². The molecule has 1 nitrogen and oxygen atoms in total. The lowest BCUT2D eigenvalue weighted by atomic mass is 9.84. The van der Waals surface area contributed by atoms with Crippen molar-refractivity contribution < 1.29 is 4.79 Å². The van der Waals surface area contributed by atoms with Gasteiger partial charge in [-0.1, -0.05) is 22.4 Å². The average Bonchev–Trinajstić information content (AvgIpc) is 2.75. The van der Waals surface area contributed by atoms with Crippen molar-refractivity contribution in [2.45, 2.75) is 32.1 Å². The standard InChI is InChI=1S/C15H15BrOS/c16-12-5-6-15-13(8-12)11(9-18-15)7-10-3-1-2-4-14(10)17/h5-6,8-10H,1-4,7H2/t10-/m0/s1. The molecule has 0 radical (unpaired) electrons. The third kappa shape index (κ3) is 2.39. The Morgan fingerprint density at radius 3 is 3.06 bits per heavy atom. The minimum atomic E-state index is 0.260. The Kier molecular flexibility index (Phi) is 3.53. The monoisotopic (exact) mass is 322 g/mol. The second-order valence-corrected chi connectivity index (χ2v) is 6.84. The maximum atomic E-state index is 11.9. The molecule has 0 spiro atoms. The zero-order valence-electron chi connectivity index (χ0n) is 10.1. The lowest BCUT2D eigenvalue weighted by Gasteiger charge is -2.20. The topological polar surface area (TPSA) is 17.1 Å². The molecular formula is C15H15BrOS. The predicted molar refractivity (Wildman–Crippen MR) is 80.2 cm³/mol. The molecule has 94 valence electrons. The molecule has 0 N–H and O–H groups in total. The first kappa shape index (κ1) is 12.4. The summed E-state index contributed by atoms with van der Waals surface area (Å²) < 4.78 is 2.43. The Labute approximate surface area is 119 Å². The van der Waals surface area contributed by atoms with Gasteiger partial charge in [0.15, 0.2) is 0 Å². The van der Waals surface area contributed by atoms with Gasteiger partial charge in [-0.3, -0.25) is 4.79 Å². The van der Waals surface area contributed by atoms with E-state index < -0.39 is 0 Å². The third-order valence-corrected chi connectivity index (χ3v) is 5.27. The summed E-state index contributed by atoms with van der Waals surface area (Å²) >= 11 is 5.31. The Hall–Kier alpha value is -0.670. The van der Waals surface area contributed by atoms with Crippen LogP contribution in [0.1, 0.15) is 31.2 Å². The molecule has 1 aliphatic carbocycles. The van der Waals surface area contributed by atoms with Crippen molar-refractivity contribution in [2.24, 2.45) is 5.92 Å². The molecule has 3 heteroatoms. The van der Waals surface area contributed by atoms with Gasteiger partial charge in [0.2, 0.25) is 0 Å². The van der Waals surface area contributed by atoms with Crippen LogP contribution in [0, 0.1) is 5.92 Å². The number of halogens is 1. The van der Waals surface area contributed by atoms with Gasteiger partial charge in [-0.25, -0.2) is 0 Å². The van der Waals surface area contributed by atoms with Crippen molar-refractivity contribution in [1.29, 1.82) is 0 Å². The van der Waals surface area contributed by atoms with Crippen molar-refractivity contribution in [2.75, 3.05) is 0 Å². The van der Waals surface area contributed by atoms with Gasteiger partial charge < -0.3 is 0 Å². The zero-order valence-corrected chi connectivity index (χ0v) is 12.5. The van der Waals surface area contributed by atoms with E-state index in [2.05, 4.69) is 39.5 Å². The van der Waals surface area contributed by atoms with Crippen molar-refractivity contribution >= 4 is 43.1 Å². The van der Waals surface area contributed by atoms with E-state index in [0.29, 0.717) is 5.78 Å². The van der Waals surface area contributed by atoms with Crippen LogP contribution in [0.2, 0.25) is 0 Å². The molecule has 0 bridgehead atoms. The number of carbonyl (C=O) groups is 1. The average molecular weight is 323 g/mol. The van der Waals surface area contributed by atoms with E-state index in [9.17, 15) is 4.79 Å². The SMILES string of the molecule is O=C1CCCC[C@H]1Cc1csc2ccc(Br)cc12. The summed E-state index contributed by atoms with van der Waals surface area (Å²) in [4.78, 5) is 11.9. The second-order valence-electron chi connectivity index (χ2n) is 5.01. The normalized spacial score (nSPS) is 20.5. The van der Waals surface area contributed by atoms with Crippen molar-refractivity contribution in [3.8, 4) is 0 Å². The van der Waals surface area contributed by atoms with Crippen molar-refractivity contribution in [1.82, 2.24) is 0 Å². The molecule has 1 aromatic carbocycles. The Morgan fingerprint density at radius 1 is 1.33 bits per heavy atom. The van der Waals surface area contributed by atoms with Crippen LogP contribution in [-0.2, 0) is 11.2 Å². The third-order valence-electron chi connectivity index (χ3n) is 3.76. The number of rotatable bonds is 2. The molecule has 0 saturated heterocycles. The molecule has 1 fully saturated rings. The summed E-state index contributed by atoms with van der Waals surface area (Å²) in [5.41, 5.74) is 1.34. The second kappa shape index (κ2) is 5.14. The molecule has 1 saturated carbocycles. The van der Waals surface area contributed by atoms with Gasteiger partial charge in [-0.2, -0.15) is 0 Å². The van der Waals surface area contributed by atoms with Crippen LogP contribution in [0.15, 0.2) is 28.1 Å². The molecule has 0 amide bonds. The van der Waals surface area contributed by atoms with Gasteiger partial charge in [0.05, 0.1) is 0 Å². The molecule has 1 atom stereocenters. The van der Waals surface area contributed by atoms with Crippen LogP contribution < -0.4 is 0 Å². The minimum absolute atomic E-state index is 0.260. The molecule has 1 heterocycles. The molecule has 18 heavy (non-hydrogen) atoms. The number of ketones is 1. The molecule has 3 rings (SSSR count). The number of thiophene rings is 1. The Balaban J connectivity index is 1.90. The van der Waals surface area contributed by atoms with Crippen LogP contribution in [0.5, 0.6) is 0 Å². The molecule has 0 aliphatic heterocycles. The summed E-state index contributed by atoms with van der Waals surface area (Å²) in [6.45, 7) is 0. The maximum Gasteiger partial charge on any atom is 0.136 e. The molecular weight excluding hydrogens is 308 g/mol. The fraction of sp³-hybridized carbons (Fsp3) is 0.400. The Morgan fingerprint density at radius 2 is 2.22 bits per heavy atom. The minimum Gasteiger partial charge on any atom is -0.299 e. The first-order valence-corrected chi connectivity index (χ1v) is 8.09. The highest BCUT2D eigenvalue weighted by molar-refractivity contribution is 9.10. The van der Waals surface area contributed by atoms with Gasteiger partial charge in [0.1, 0.15) is 5.78 Å². The van der Waals surface area contributed by atoms with Crippen molar-refractivity contribution in [3.63, 3.8) is 0 Å². The van der Waals surface area contributed by atoms with E-state index in [1.54, 1.807) is 11.3 Å². The summed E-state index contributed by atoms with van der Waals surface area (Å²) in [6.07, 6.45) is 5.09. The maximum absolute atomic E-state index is 11.9. The number of benzene rings is 1. The van der Waals surface area contributed by atoms with E-state index in [1.165, 1.54) is 22.1 Å².